The van der Waals surface area contributed by atoms with Crippen LogP contribution in [0.5, 0.6) is 0 Å². The van der Waals surface area contributed by atoms with Gasteiger partial charge < -0.3 is 10.6 Å². The summed E-state index contributed by atoms with van der Waals surface area (Å²) in [4.78, 5) is 22.0. The molecular formula is C24H22Cl2N6S. The van der Waals surface area contributed by atoms with E-state index >= 15 is 0 Å². The van der Waals surface area contributed by atoms with E-state index in [1.165, 1.54) is 23.0 Å². The summed E-state index contributed by atoms with van der Waals surface area (Å²) < 4.78 is 0. The average molecular weight is 497 g/mol. The van der Waals surface area contributed by atoms with Gasteiger partial charge in [-0.1, -0.05) is 47.1 Å². The van der Waals surface area contributed by atoms with Crippen LogP contribution in [-0.2, 0) is 12.8 Å². The largest absolute Gasteiger partial charge is 0.360 e. The van der Waals surface area contributed by atoms with Crippen LogP contribution >= 0.6 is 35.0 Å². The van der Waals surface area contributed by atoms with Gasteiger partial charge in [0, 0.05) is 35.9 Å². The van der Waals surface area contributed by atoms with Crippen molar-refractivity contribution in [1.29, 1.82) is 0 Å². The summed E-state index contributed by atoms with van der Waals surface area (Å²) in [7, 11) is 0. The topological polar surface area (TPSA) is 80.3 Å². The number of fused-ring (bicyclic) bond motifs is 2. The van der Waals surface area contributed by atoms with E-state index in [2.05, 4.69) is 20.9 Å². The number of nitrogens with zero attached hydrogens (tertiary/aromatic N) is 5. The normalized spacial score (nSPS) is 20.6. The van der Waals surface area contributed by atoms with Gasteiger partial charge in [-0.25, -0.2) is 15.0 Å². The summed E-state index contributed by atoms with van der Waals surface area (Å²) in [5.41, 5.74) is 10.1. The molecule has 4 heterocycles. The number of hydrogen-bond acceptors (Lipinski definition) is 7. The third-order valence-corrected chi connectivity index (χ3v) is 8.95. The molecule has 1 saturated heterocycles. The summed E-state index contributed by atoms with van der Waals surface area (Å²) in [5, 5.41) is 1.85. The maximum Gasteiger partial charge on any atom is 0.176 e. The summed E-state index contributed by atoms with van der Waals surface area (Å²) in [5.74, 6) is 1.76. The van der Waals surface area contributed by atoms with Gasteiger partial charge >= 0.3 is 0 Å². The quantitative estimate of drug-likeness (QED) is 0.521. The molecule has 1 aromatic carbocycles. The Balaban J connectivity index is 1.13. The summed E-state index contributed by atoms with van der Waals surface area (Å²) in [6.07, 6.45) is 7.36. The number of amidine groups is 1. The van der Waals surface area contributed by atoms with E-state index in [1.807, 2.05) is 24.4 Å². The smallest absolute Gasteiger partial charge is 0.176 e. The molecular weight excluding hydrogens is 475 g/mol. The van der Waals surface area contributed by atoms with E-state index in [9.17, 15) is 0 Å². The first-order valence-corrected chi connectivity index (χ1v) is 12.6. The van der Waals surface area contributed by atoms with Crippen molar-refractivity contribution in [3.05, 3.63) is 69.7 Å². The van der Waals surface area contributed by atoms with Crippen LogP contribution in [0.1, 0.15) is 35.8 Å². The molecule has 2 aromatic heterocycles. The minimum absolute atomic E-state index is 0.0623. The zero-order chi connectivity index (χ0) is 22.6. The zero-order valence-corrected chi connectivity index (χ0v) is 20.2. The molecule has 3 aliphatic rings. The third kappa shape index (κ3) is 3.71. The van der Waals surface area contributed by atoms with Gasteiger partial charge in [-0.3, -0.25) is 4.98 Å². The van der Waals surface area contributed by atoms with Gasteiger partial charge in [-0.2, -0.15) is 0 Å². The number of likely N-dealkylation sites (tertiary alicyclic amines) is 1. The molecule has 168 valence electrons. The molecule has 1 fully saturated rings. The molecule has 1 aliphatic carbocycles. The van der Waals surface area contributed by atoms with Crippen LogP contribution in [0.25, 0.3) is 0 Å². The van der Waals surface area contributed by atoms with Crippen LogP contribution in [0.2, 0.25) is 10.0 Å². The van der Waals surface area contributed by atoms with Gasteiger partial charge in [0.25, 0.3) is 0 Å². The summed E-state index contributed by atoms with van der Waals surface area (Å²) >= 11 is 13.9. The lowest BCUT2D eigenvalue weighted by molar-refractivity contribution is 0.126. The molecule has 1 atom stereocenters. The van der Waals surface area contributed by atoms with Gasteiger partial charge in [-0.05, 0) is 48.4 Å². The van der Waals surface area contributed by atoms with Crippen LogP contribution in [0.4, 0.5) is 5.82 Å². The Morgan fingerprint density at radius 2 is 1.91 bits per heavy atom. The Labute approximate surface area is 206 Å². The lowest BCUT2D eigenvalue weighted by Crippen LogP contribution is -2.46. The van der Waals surface area contributed by atoms with Crippen LogP contribution in [0.3, 0.4) is 0 Å². The Morgan fingerprint density at radius 3 is 2.73 bits per heavy atom. The van der Waals surface area contributed by atoms with Gasteiger partial charge in [0.05, 0.1) is 28.4 Å². The highest BCUT2D eigenvalue weighted by atomic mass is 35.5. The first-order valence-electron chi connectivity index (χ1n) is 11.0. The monoisotopic (exact) mass is 496 g/mol. The molecule has 6 nitrogen and oxygen atoms in total. The van der Waals surface area contributed by atoms with Crippen LogP contribution in [-0.4, -0.2) is 38.8 Å². The second-order valence-corrected chi connectivity index (χ2v) is 10.7. The number of halogens is 2. The van der Waals surface area contributed by atoms with Crippen molar-refractivity contribution in [2.45, 2.75) is 41.6 Å². The van der Waals surface area contributed by atoms with Crippen LogP contribution < -0.4 is 5.73 Å². The molecule has 0 amide bonds. The molecule has 0 saturated carbocycles. The number of nitrogens with two attached hydrogens (primary N) is 1. The minimum atomic E-state index is 0.0623. The van der Waals surface area contributed by atoms with Crippen molar-refractivity contribution in [2.24, 2.45) is 16.1 Å². The van der Waals surface area contributed by atoms with Gasteiger partial charge in [-0.15, -0.1) is 0 Å². The fourth-order valence-corrected chi connectivity index (χ4v) is 6.49. The van der Waals surface area contributed by atoms with Gasteiger partial charge in [0.1, 0.15) is 10.9 Å². The highest BCUT2D eigenvalue weighted by Crippen LogP contribution is 2.50. The molecule has 0 unspecified atom stereocenters. The number of benzene rings is 1. The molecule has 2 aliphatic heterocycles. The summed E-state index contributed by atoms with van der Waals surface area (Å²) in [6, 6.07) is 9.78. The van der Waals surface area contributed by atoms with Crippen LogP contribution in [0.15, 0.2) is 57.6 Å². The van der Waals surface area contributed by atoms with E-state index in [4.69, 9.17) is 38.9 Å². The maximum atomic E-state index is 6.70. The highest BCUT2D eigenvalue weighted by Gasteiger charge is 2.47. The van der Waals surface area contributed by atoms with E-state index < -0.39 is 0 Å². The second kappa shape index (κ2) is 8.24. The zero-order valence-electron chi connectivity index (χ0n) is 17.8. The number of hydrogen-bond donors (Lipinski definition) is 1. The molecule has 33 heavy (non-hydrogen) atoms. The molecule has 1 spiro atoms. The fourth-order valence-electron chi connectivity index (χ4n) is 5.19. The van der Waals surface area contributed by atoms with E-state index in [0.717, 1.165) is 53.8 Å². The average Bonchev–Trinajstić information content (AvgIpc) is 3.37. The maximum absolute atomic E-state index is 6.70. The number of piperidine rings is 1. The Bertz CT molecular complexity index is 1270. The van der Waals surface area contributed by atoms with Crippen molar-refractivity contribution in [1.82, 2.24) is 19.9 Å². The molecule has 0 radical (unpaired) electrons. The first-order chi connectivity index (χ1) is 16.0. The number of aromatic nitrogens is 3. The Kier molecular flexibility index (Phi) is 5.33. The fraction of sp³-hybridized carbons (Fsp3) is 0.333. The second-order valence-electron chi connectivity index (χ2n) is 8.88. The predicted molar refractivity (Wildman–Crippen MR) is 132 cm³/mol. The molecule has 2 N–H and O–H groups in total. The Hall–Kier alpha value is -2.19. The van der Waals surface area contributed by atoms with Gasteiger partial charge in [0.2, 0.25) is 0 Å². The predicted octanol–water partition coefficient (Wildman–Crippen LogP) is 5.25. The highest BCUT2D eigenvalue weighted by molar-refractivity contribution is 7.99. The lowest BCUT2D eigenvalue weighted by Gasteiger charge is -2.42. The SMILES string of the molecule is N[C@@H]1c2cccnc2CC12CCN(C1=Nc3ncc(Sc4cccc(Cl)c4Cl)nc3C1)CC2. The first kappa shape index (κ1) is 21.4. The molecule has 3 aromatic rings. The standard InChI is InChI=1S/C24H22Cl2N6S/c25-15-4-1-5-18(21(15)26)33-20-13-29-23-16(30-20)11-19(31-23)32-9-6-24(7-10-32)12-17-14(22(24)27)3-2-8-28-17/h1-5,8,13,22H,6-7,9-12,27H2/t22-/m1/s1. The molecule has 9 heteroatoms. The third-order valence-electron chi connectivity index (χ3n) is 7.06. The van der Waals surface area contributed by atoms with Crippen molar-refractivity contribution >= 4 is 46.6 Å². The van der Waals surface area contributed by atoms with Crippen molar-refractivity contribution < 1.29 is 0 Å². The lowest BCUT2D eigenvalue weighted by atomic mass is 9.73. The van der Waals surface area contributed by atoms with Crippen LogP contribution in [0, 0.1) is 5.41 Å². The van der Waals surface area contributed by atoms with E-state index in [-0.39, 0.29) is 11.5 Å². The molecule has 6 rings (SSSR count). The van der Waals surface area contributed by atoms with Crippen molar-refractivity contribution in [3.8, 4) is 0 Å². The molecule has 0 bridgehead atoms. The Morgan fingerprint density at radius 1 is 1.06 bits per heavy atom. The number of aliphatic imine (C=N–C) groups is 1. The van der Waals surface area contributed by atoms with Crippen molar-refractivity contribution in [2.75, 3.05) is 13.1 Å². The van der Waals surface area contributed by atoms with E-state index in [0.29, 0.717) is 22.3 Å². The number of rotatable bonds is 2. The van der Waals surface area contributed by atoms with E-state index in [1.54, 1.807) is 12.3 Å². The number of pyridine rings is 1. The van der Waals surface area contributed by atoms with Gasteiger partial charge in [0.15, 0.2) is 5.82 Å². The van der Waals surface area contributed by atoms with Crippen molar-refractivity contribution in [3.63, 3.8) is 0 Å². The summed E-state index contributed by atoms with van der Waals surface area (Å²) in [6.45, 7) is 1.88. The minimum Gasteiger partial charge on any atom is -0.360 e.